The third-order valence-corrected chi connectivity index (χ3v) is 7.32. The highest BCUT2D eigenvalue weighted by Gasteiger charge is 2.26. The van der Waals surface area contributed by atoms with Crippen LogP contribution in [0.25, 0.3) is 0 Å². The molecule has 0 aliphatic heterocycles. The smallest absolute Gasteiger partial charge is 0.241 e. The topological polar surface area (TPSA) is 76.9 Å². The van der Waals surface area contributed by atoms with Gasteiger partial charge in [-0.3, -0.25) is 0 Å². The number of halogens is 1. The summed E-state index contributed by atoms with van der Waals surface area (Å²) in [6, 6.07) is 15.1. The Bertz CT molecular complexity index is 1110. The van der Waals surface area contributed by atoms with Crippen LogP contribution in [0.15, 0.2) is 76.8 Å². The molecule has 0 aliphatic carbocycles. The monoisotopic (exact) mass is 462 g/mol. The van der Waals surface area contributed by atoms with Crippen LogP contribution in [0.2, 0.25) is 5.02 Å². The maximum absolute atomic E-state index is 13.0. The van der Waals surface area contributed by atoms with Crippen molar-refractivity contribution in [1.29, 1.82) is 0 Å². The molecule has 3 aromatic rings. The van der Waals surface area contributed by atoms with Crippen LogP contribution in [0.4, 0.5) is 0 Å². The van der Waals surface area contributed by atoms with Gasteiger partial charge in [0, 0.05) is 17.8 Å². The van der Waals surface area contributed by atoms with E-state index < -0.39 is 16.1 Å². The van der Waals surface area contributed by atoms with Crippen LogP contribution in [0, 0.1) is 0 Å². The molecule has 1 N–H and O–H groups in total. The lowest BCUT2D eigenvalue weighted by Gasteiger charge is -2.19. The highest BCUT2D eigenvalue weighted by atomic mass is 35.5. The number of rotatable bonds is 9. The third-order valence-electron chi connectivity index (χ3n) is 4.33. The lowest BCUT2D eigenvalue weighted by Crippen LogP contribution is -2.32. The first-order valence-corrected chi connectivity index (χ1v) is 12.1. The summed E-state index contributed by atoms with van der Waals surface area (Å²) in [6.45, 7) is 5.85. The number of aromatic nitrogens is 3. The van der Waals surface area contributed by atoms with E-state index in [1.807, 2.05) is 48.9 Å². The summed E-state index contributed by atoms with van der Waals surface area (Å²) in [5.41, 5.74) is 2.01. The number of nitrogens with one attached hydrogen (secondary N) is 1. The van der Waals surface area contributed by atoms with E-state index in [4.69, 9.17) is 11.6 Å². The summed E-state index contributed by atoms with van der Waals surface area (Å²) in [4.78, 5) is 0.143. The third kappa shape index (κ3) is 5.72. The zero-order chi connectivity index (χ0) is 21.7. The van der Waals surface area contributed by atoms with Gasteiger partial charge in [-0.1, -0.05) is 65.8 Å². The average molecular weight is 463 g/mol. The van der Waals surface area contributed by atoms with Crippen LogP contribution >= 0.6 is 23.4 Å². The van der Waals surface area contributed by atoms with Crippen LogP contribution in [0.3, 0.4) is 0 Å². The summed E-state index contributed by atoms with van der Waals surface area (Å²) in [6.07, 6.45) is 0.435. The highest BCUT2D eigenvalue weighted by molar-refractivity contribution is 7.99. The Kier molecular flexibility index (Phi) is 7.36. The second kappa shape index (κ2) is 9.78. The molecule has 0 amide bonds. The van der Waals surface area contributed by atoms with Gasteiger partial charge in [-0.25, -0.2) is 13.1 Å². The zero-order valence-electron chi connectivity index (χ0n) is 16.7. The Morgan fingerprint density at radius 3 is 2.47 bits per heavy atom. The molecule has 1 aromatic heterocycles. The summed E-state index contributed by atoms with van der Waals surface area (Å²) in [5, 5.41) is 9.72. The number of thioether (sulfide) groups is 1. The van der Waals surface area contributed by atoms with Crippen molar-refractivity contribution in [1.82, 2.24) is 19.5 Å². The maximum Gasteiger partial charge on any atom is 0.241 e. The molecule has 6 nitrogen and oxygen atoms in total. The molecule has 3 rings (SSSR count). The minimum Gasteiger partial charge on any atom is -0.308 e. The molecular weight excluding hydrogens is 440 g/mol. The maximum atomic E-state index is 13.0. The molecule has 158 valence electrons. The Morgan fingerprint density at radius 2 is 1.83 bits per heavy atom. The van der Waals surface area contributed by atoms with Gasteiger partial charge in [0.1, 0.15) is 0 Å². The van der Waals surface area contributed by atoms with Gasteiger partial charge < -0.3 is 4.57 Å². The number of hydrogen-bond donors (Lipinski definition) is 1. The second-order valence-electron chi connectivity index (χ2n) is 6.96. The van der Waals surface area contributed by atoms with Crippen LogP contribution in [0.5, 0.6) is 0 Å². The molecule has 1 atom stereocenters. The fourth-order valence-electron chi connectivity index (χ4n) is 2.85. The molecule has 1 heterocycles. The Labute approximate surface area is 186 Å². The predicted octanol–water partition coefficient (Wildman–Crippen LogP) is 4.40. The standard InChI is InChI=1S/C21H23ClN4O2S2/c1-15(2)14-29-21-24-23-20(26(21)3)19(13-16-7-5-4-6-8-16)25-30(27,28)18-11-9-17(22)10-12-18/h4-12,19,25H,1,13-14H2,2-3H3. The highest BCUT2D eigenvalue weighted by Crippen LogP contribution is 2.25. The lowest BCUT2D eigenvalue weighted by atomic mass is 10.1. The molecule has 2 aromatic carbocycles. The number of hydrogen-bond acceptors (Lipinski definition) is 5. The van der Waals surface area contributed by atoms with Crippen molar-refractivity contribution >= 4 is 33.4 Å². The van der Waals surface area contributed by atoms with Gasteiger partial charge in [-0.2, -0.15) is 0 Å². The second-order valence-corrected chi connectivity index (χ2v) is 10.1. The summed E-state index contributed by atoms with van der Waals surface area (Å²) in [7, 11) is -1.95. The molecule has 1 unspecified atom stereocenters. The number of nitrogens with zero attached hydrogens (tertiary/aromatic N) is 3. The quantitative estimate of drug-likeness (QED) is 0.376. The van der Waals surface area contributed by atoms with Crippen LogP contribution < -0.4 is 4.72 Å². The average Bonchev–Trinajstić information content (AvgIpc) is 3.07. The molecule has 9 heteroatoms. The molecule has 0 fully saturated rings. The van der Waals surface area contributed by atoms with Gasteiger partial charge in [0.25, 0.3) is 0 Å². The molecule has 0 radical (unpaired) electrons. The lowest BCUT2D eigenvalue weighted by molar-refractivity contribution is 0.530. The summed E-state index contributed by atoms with van der Waals surface area (Å²) in [5.74, 6) is 1.26. The van der Waals surface area contributed by atoms with Gasteiger partial charge in [0.2, 0.25) is 10.0 Å². The molecule has 0 bridgehead atoms. The first-order valence-electron chi connectivity index (χ1n) is 9.24. The van der Waals surface area contributed by atoms with E-state index in [2.05, 4.69) is 21.5 Å². The SMILES string of the molecule is C=C(C)CSc1nnc(C(Cc2ccccc2)NS(=O)(=O)c2ccc(Cl)cc2)n1C. The number of sulfonamides is 1. The Morgan fingerprint density at radius 1 is 1.17 bits per heavy atom. The van der Waals surface area contributed by atoms with Gasteiger partial charge >= 0.3 is 0 Å². The molecule has 30 heavy (non-hydrogen) atoms. The minimum absolute atomic E-state index is 0.143. The van der Waals surface area contributed by atoms with Crippen LogP contribution in [0.1, 0.15) is 24.4 Å². The normalized spacial score (nSPS) is 12.6. The zero-order valence-corrected chi connectivity index (χ0v) is 19.1. The molecule has 0 saturated carbocycles. The largest absolute Gasteiger partial charge is 0.308 e. The fourth-order valence-corrected chi connectivity index (χ4v) is 4.93. The Hall–Kier alpha value is -2.13. The van der Waals surface area contributed by atoms with E-state index in [1.54, 1.807) is 12.1 Å². The molecule has 0 spiro atoms. The van der Waals surface area contributed by atoms with Crippen molar-refractivity contribution in [2.45, 2.75) is 29.4 Å². The van der Waals surface area contributed by atoms with Crippen molar-refractivity contribution in [3.05, 3.63) is 83.2 Å². The molecular formula is C21H23ClN4O2S2. The van der Waals surface area contributed by atoms with Crippen LogP contribution in [-0.2, 0) is 23.5 Å². The first kappa shape index (κ1) is 22.6. The molecule has 0 aliphatic rings. The fraction of sp³-hybridized carbons (Fsp3) is 0.238. The van der Waals surface area contributed by atoms with E-state index in [-0.39, 0.29) is 4.90 Å². The van der Waals surface area contributed by atoms with E-state index >= 15 is 0 Å². The van der Waals surface area contributed by atoms with Crippen molar-refractivity contribution in [3.8, 4) is 0 Å². The van der Waals surface area contributed by atoms with Gasteiger partial charge in [0.15, 0.2) is 11.0 Å². The summed E-state index contributed by atoms with van der Waals surface area (Å²) < 4.78 is 30.7. The number of benzene rings is 2. The van der Waals surface area contributed by atoms with Gasteiger partial charge in [0.05, 0.1) is 10.9 Å². The molecule has 0 saturated heterocycles. The summed E-state index contributed by atoms with van der Waals surface area (Å²) >= 11 is 7.41. The first-order chi connectivity index (χ1) is 14.3. The van der Waals surface area contributed by atoms with E-state index in [0.29, 0.717) is 28.2 Å². The van der Waals surface area contributed by atoms with Crippen molar-refractivity contribution in [3.63, 3.8) is 0 Å². The van der Waals surface area contributed by atoms with Crippen molar-refractivity contribution < 1.29 is 8.42 Å². The van der Waals surface area contributed by atoms with E-state index in [1.165, 1.54) is 23.9 Å². The van der Waals surface area contributed by atoms with E-state index in [0.717, 1.165) is 11.1 Å². The van der Waals surface area contributed by atoms with Crippen molar-refractivity contribution in [2.75, 3.05) is 5.75 Å². The Balaban J connectivity index is 1.93. The van der Waals surface area contributed by atoms with Crippen LogP contribution in [-0.4, -0.2) is 28.9 Å². The minimum atomic E-state index is -3.79. The predicted molar refractivity (Wildman–Crippen MR) is 121 cm³/mol. The van der Waals surface area contributed by atoms with Gasteiger partial charge in [-0.15, -0.1) is 10.2 Å². The van der Waals surface area contributed by atoms with Crippen molar-refractivity contribution in [2.24, 2.45) is 7.05 Å². The van der Waals surface area contributed by atoms with E-state index in [9.17, 15) is 8.42 Å². The van der Waals surface area contributed by atoms with Gasteiger partial charge in [-0.05, 0) is 43.2 Å².